The summed E-state index contributed by atoms with van der Waals surface area (Å²) in [4.78, 5) is 23.7. The van der Waals surface area contributed by atoms with Crippen molar-refractivity contribution in [3.8, 4) is 5.75 Å². The summed E-state index contributed by atoms with van der Waals surface area (Å²) in [5.74, 6) is -0.768. The summed E-state index contributed by atoms with van der Waals surface area (Å²) >= 11 is 4.78. The molecule has 0 bridgehead atoms. The highest BCUT2D eigenvalue weighted by atomic mass is 32.1. The molecule has 1 aliphatic rings. The summed E-state index contributed by atoms with van der Waals surface area (Å²) in [6.45, 7) is 0.491. The first-order valence-electron chi connectivity index (χ1n) is 7.53. The van der Waals surface area contributed by atoms with Crippen LogP contribution in [0.15, 0.2) is 54.6 Å². The first kappa shape index (κ1) is 16.1. The Labute approximate surface area is 145 Å². The van der Waals surface area contributed by atoms with Crippen molar-refractivity contribution >= 4 is 29.1 Å². The summed E-state index contributed by atoms with van der Waals surface area (Å²) in [6, 6.07) is 17.3. The van der Waals surface area contributed by atoms with Gasteiger partial charge in [0.15, 0.2) is 5.11 Å². The Hall–Kier alpha value is -2.73. The number of ether oxygens (including phenoxy) is 1. The molecule has 0 atom stereocenters. The number of amides is 2. The largest absolute Gasteiger partial charge is 0.489 e. The van der Waals surface area contributed by atoms with Gasteiger partial charge in [0.1, 0.15) is 18.3 Å². The normalized spacial score (nSPS) is 14.9. The molecule has 1 heterocycles. The Morgan fingerprint density at radius 2 is 1.50 bits per heavy atom. The number of thiocarbonyl (C=S) groups is 1. The molecule has 2 N–H and O–H groups in total. The maximum Gasteiger partial charge on any atom is 0.239 e. The molecule has 5 nitrogen and oxygen atoms in total. The van der Waals surface area contributed by atoms with Crippen molar-refractivity contribution in [3.63, 3.8) is 0 Å². The third-order valence-corrected chi connectivity index (χ3v) is 3.92. The average molecular weight is 340 g/mol. The quantitative estimate of drug-likeness (QED) is 0.645. The molecule has 6 heteroatoms. The van der Waals surface area contributed by atoms with Crippen LogP contribution in [0.5, 0.6) is 5.75 Å². The van der Waals surface area contributed by atoms with E-state index < -0.39 is 5.92 Å². The van der Waals surface area contributed by atoms with Crippen molar-refractivity contribution < 1.29 is 14.3 Å². The van der Waals surface area contributed by atoms with Crippen LogP contribution in [0.25, 0.3) is 0 Å². The fourth-order valence-corrected chi connectivity index (χ4v) is 2.63. The van der Waals surface area contributed by atoms with E-state index in [-0.39, 0.29) is 16.9 Å². The molecule has 24 heavy (non-hydrogen) atoms. The number of carbonyl (C=O) groups excluding carboxylic acids is 2. The van der Waals surface area contributed by atoms with E-state index in [1.165, 1.54) is 0 Å². The van der Waals surface area contributed by atoms with Crippen LogP contribution in [-0.2, 0) is 22.6 Å². The van der Waals surface area contributed by atoms with Gasteiger partial charge in [-0.25, -0.2) is 0 Å². The molecular formula is C18H16N2O3S. The summed E-state index contributed by atoms with van der Waals surface area (Å²) in [6.07, 6.45) is 0.319. The molecule has 2 aromatic rings. The van der Waals surface area contributed by atoms with Gasteiger partial charge in [0.05, 0.1) is 0 Å². The zero-order valence-corrected chi connectivity index (χ0v) is 13.6. The van der Waals surface area contributed by atoms with Gasteiger partial charge in [-0.15, -0.1) is 0 Å². The van der Waals surface area contributed by atoms with Gasteiger partial charge < -0.3 is 15.4 Å². The predicted molar refractivity (Wildman–Crippen MR) is 93.3 cm³/mol. The minimum atomic E-state index is -0.771. The second-order valence-corrected chi connectivity index (χ2v) is 5.89. The lowest BCUT2D eigenvalue weighted by atomic mass is 9.96. The number of carbonyl (C=O) groups is 2. The molecule has 2 amide bonds. The van der Waals surface area contributed by atoms with Crippen molar-refractivity contribution in [2.45, 2.75) is 13.0 Å². The zero-order chi connectivity index (χ0) is 16.9. The Balaban J connectivity index is 1.59. The summed E-state index contributed by atoms with van der Waals surface area (Å²) in [5.41, 5.74) is 1.97. The van der Waals surface area contributed by atoms with Crippen LogP contribution in [0.4, 0.5) is 0 Å². The number of nitrogens with one attached hydrogen (secondary N) is 2. The molecule has 3 rings (SSSR count). The number of rotatable bonds is 5. The zero-order valence-electron chi connectivity index (χ0n) is 12.8. The maximum atomic E-state index is 11.9. The van der Waals surface area contributed by atoms with E-state index >= 15 is 0 Å². The van der Waals surface area contributed by atoms with Crippen LogP contribution < -0.4 is 15.4 Å². The molecule has 0 unspecified atom stereocenters. The molecule has 0 radical (unpaired) electrons. The molecule has 1 saturated heterocycles. The standard InChI is InChI=1S/C18H16N2O3S/c21-16-15(17(22)20-18(24)19-16)10-12-6-8-14(9-7-12)23-11-13-4-2-1-3-5-13/h1-9,15H,10-11H2,(H2,19,20,21,22,24). The van der Waals surface area contributed by atoms with Crippen LogP contribution in [0, 0.1) is 5.92 Å². The van der Waals surface area contributed by atoms with Crippen molar-refractivity contribution in [2.24, 2.45) is 5.92 Å². The lowest BCUT2D eigenvalue weighted by Gasteiger charge is -2.22. The van der Waals surface area contributed by atoms with Gasteiger partial charge in [0.2, 0.25) is 11.8 Å². The van der Waals surface area contributed by atoms with E-state index in [9.17, 15) is 9.59 Å². The highest BCUT2D eigenvalue weighted by molar-refractivity contribution is 7.80. The van der Waals surface area contributed by atoms with E-state index in [2.05, 4.69) is 10.6 Å². The number of hydrogen-bond donors (Lipinski definition) is 2. The number of benzene rings is 2. The lowest BCUT2D eigenvalue weighted by Crippen LogP contribution is -2.56. The van der Waals surface area contributed by atoms with Crippen molar-refractivity contribution in [2.75, 3.05) is 0 Å². The fraction of sp³-hybridized carbons (Fsp3) is 0.167. The van der Waals surface area contributed by atoms with Crippen LogP contribution in [0.2, 0.25) is 0 Å². The highest BCUT2D eigenvalue weighted by Gasteiger charge is 2.32. The summed E-state index contributed by atoms with van der Waals surface area (Å²) in [5, 5.41) is 4.99. The SMILES string of the molecule is O=C1NC(=S)NC(=O)C1Cc1ccc(OCc2ccccc2)cc1. The van der Waals surface area contributed by atoms with Gasteiger partial charge in [0, 0.05) is 0 Å². The van der Waals surface area contributed by atoms with Gasteiger partial charge in [-0.3, -0.25) is 9.59 Å². The minimum Gasteiger partial charge on any atom is -0.489 e. The second kappa shape index (κ2) is 7.23. The molecule has 1 aliphatic heterocycles. The number of hydrogen-bond acceptors (Lipinski definition) is 4. The van der Waals surface area contributed by atoms with Crippen molar-refractivity contribution in [3.05, 3.63) is 65.7 Å². The first-order chi connectivity index (χ1) is 11.6. The van der Waals surface area contributed by atoms with Crippen LogP contribution in [0.3, 0.4) is 0 Å². The average Bonchev–Trinajstić information content (AvgIpc) is 2.58. The van der Waals surface area contributed by atoms with Gasteiger partial charge in [-0.1, -0.05) is 42.5 Å². The molecule has 122 valence electrons. The summed E-state index contributed by atoms with van der Waals surface area (Å²) < 4.78 is 5.72. The predicted octanol–water partition coefficient (Wildman–Crippen LogP) is 1.96. The van der Waals surface area contributed by atoms with Crippen molar-refractivity contribution in [1.29, 1.82) is 0 Å². The lowest BCUT2D eigenvalue weighted by molar-refractivity contribution is -0.135. The maximum absolute atomic E-state index is 11.9. The molecule has 1 fully saturated rings. The van der Waals surface area contributed by atoms with E-state index in [0.717, 1.165) is 16.9 Å². The van der Waals surface area contributed by atoms with E-state index in [1.54, 1.807) is 0 Å². The van der Waals surface area contributed by atoms with E-state index in [4.69, 9.17) is 17.0 Å². The van der Waals surface area contributed by atoms with Crippen LogP contribution >= 0.6 is 12.2 Å². The van der Waals surface area contributed by atoms with Crippen molar-refractivity contribution in [1.82, 2.24) is 10.6 Å². The molecular weight excluding hydrogens is 324 g/mol. The first-order valence-corrected chi connectivity index (χ1v) is 7.94. The molecule has 0 aliphatic carbocycles. The monoisotopic (exact) mass is 340 g/mol. The Kier molecular flexibility index (Phi) is 4.86. The van der Waals surface area contributed by atoms with Crippen LogP contribution in [0.1, 0.15) is 11.1 Å². The molecule has 0 aromatic heterocycles. The molecule has 0 saturated carbocycles. The third-order valence-electron chi connectivity index (χ3n) is 3.72. The fourth-order valence-electron chi connectivity index (χ4n) is 2.43. The second-order valence-electron chi connectivity index (χ2n) is 5.48. The van der Waals surface area contributed by atoms with Gasteiger partial charge >= 0.3 is 0 Å². The van der Waals surface area contributed by atoms with Gasteiger partial charge in [-0.05, 0) is 41.9 Å². The molecule has 2 aromatic carbocycles. The summed E-state index contributed by atoms with van der Waals surface area (Å²) in [7, 11) is 0. The van der Waals surface area contributed by atoms with Gasteiger partial charge in [0.25, 0.3) is 0 Å². The van der Waals surface area contributed by atoms with Crippen LogP contribution in [-0.4, -0.2) is 16.9 Å². The minimum absolute atomic E-state index is 0.0610. The molecule has 0 spiro atoms. The smallest absolute Gasteiger partial charge is 0.239 e. The topological polar surface area (TPSA) is 67.4 Å². The highest BCUT2D eigenvalue weighted by Crippen LogP contribution is 2.17. The Morgan fingerprint density at radius 3 is 2.12 bits per heavy atom. The van der Waals surface area contributed by atoms with E-state index in [1.807, 2.05) is 54.6 Å². The van der Waals surface area contributed by atoms with Gasteiger partial charge in [-0.2, -0.15) is 0 Å². The third kappa shape index (κ3) is 3.97. The Bertz CT molecular complexity index is 740. The van der Waals surface area contributed by atoms with E-state index in [0.29, 0.717) is 13.0 Å². The Morgan fingerprint density at radius 1 is 0.875 bits per heavy atom.